The maximum atomic E-state index is 11.9. The number of likely N-dealkylation sites (tertiary alicyclic amines) is 1. The van der Waals surface area contributed by atoms with Crippen molar-refractivity contribution >= 4 is 35.0 Å². The van der Waals surface area contributed by atoms with Gasteiger partial charge in [-0.1, -0.05) is 59.6 Å². The predicted octanol–water partition coefficient (Wildman–Crippen LogP) is 4.14. The van der Waals surface area contributed by atoms with Crippen molar-refractivity contribution in [2.24, 2.45) is 5.92 Å². The first-order valence-electron chi connectivity index (χ1n) is 15.6. The van der Waals surface area contributed by atoms with Crippen LogP contribution in [0.5, 0.6) is 11.8 Å². The minimum atomic E-state index is -0.0188. The van der Waals surface area contributed by atoms with Gasteiger partial charge in [-0.15, -0.1) is 0 Å². The van der Waals surface area contributed by atoms with E-state index < -0.39 is 0 Å². The van der Waals surface area contributed by atoms with E-state index in [0.717, 1.165) is 6.42 Å². The Hall–Kier alpha value is -4.36. The Labute approximate surface area is 288 Å². The minimum absolute atomic E-state index is 0.0188. The van der Waals surface area contributed by atoms with Gasteiger partial charge < -0.3 is 25.4 Å². The SMILES string of the molecule is CNC(=O)C1CN(Cc2ncc(-c3cccc(-c4cccc(-c5cnc(CNCC6CCC(=O)N6)c(OC)n5)c4Cl)c3Cl)nc2OC)C1. The van der Waals surface area contributed by atoms with Crippen LogP contribution in [-0.2, 0) is 22.7 Å². The highest BCUT2D eigenvalue weighted by Crippen LogP contribution is 2.42. The fourth-order valence-corrected chi connectivity index (χ4v) is 6.61. The van der Waals surface area contributed by atoms with Gasteiger partial charge in [0.25, 0.3) is 0 Å². The van der Waals surface area contributed by atoms with E-state index in [2.05, 4.69) is 30.8 Å². The van der Waals surface area contributed by atoms with E-state index in [1.165, 1.54) is 0 Å². The lowest BCUT2D eigenvalue weighted by Crippen LogP contribution is -2.52. The van der Waals surface area contributed by atoms with Gasteiger partial charge in [-0.25, -0.2) is 9.97 Å². The van der Waals surface area contributed by atoms with Crippen LogP contribution in [0.2, 0.25) is 10.0 Å². The minimum Gasteiger partial charge on any atom is -0.480 e. The molecule has 2 saturated heterocycles. The molecule has 2 aliphatic rings. The zero-order chi connectivity index (χ0) is 33.8. The summed E-state index contributed by atoms with van der Waals surface area (Å²) in [6.45, 7) is 2.90. The van der Waals surface area contributed by atoms with Gasteiger partial charge in [0.05, 0.1) is 54.0 Å². The van der Waals surface area contributed by atoms with Gasteiger partial charge in [-0.05, 0) is 6.42 Å². The van der Waals surface area contributed by atoms with E-state index >= 15 is 0 Å². The standard InChI is InChI=1S/C34H36Cl2N8O4/c1-37-32(46)19-16-44(17-19)18-28-34(48-3)43-26(15-40-28)24-9-5-7-22(31(24)36)21-6-4-8-23(30(21)35)25-14-39-27(33(42-25)47-2)13-38-12-20-10-11-29(45)41-20/h4-9,14-15,19-20,38H,10-13,16-18H2,1-3H3,(H,37,46)(H,41,45). The fraction of sp³-hybridized carbons (Fsp3) is 0.353. The zero-order valence-electron chi connectivity index (χ0n) is 26.8. The molecule has 0 spiro atoms. The second kappa shape index (κ2) is 14.8. The van der Waals surface area contributed by atoms with Gasteiger partial charge in [0, 0.05) is 74.5 Å². The summed E-state index contributed by atoms with van der Waals surface area (Å²) < 4.78 is 11.2. The van der Waals surface area contributed by atoms with Crippen molar-refractivity contribution in [3.8, 4) is 45.4 Å². The highest BCUT2D eigenvalue weighted by Gasteiger charge is 2.33. The van der Waals surface area contributed by atoms with Gasteiger partial charge >= 0.3 is 0 Å². The number of ether oxygens (including phenoxy) is 2. The fourth-order valence-electron chi connectivity index (χ4n) is 5.96. The Bertz CT molecular complexity index is 1840. The van der Waals surface area contributed by atoms with Gasteiger partial charge in [-0.2, -0.15) is 0 Å². The molecule has 2 amide bonds. The van der Waals surface area contributed by atoms with Crippen LogP contribution in [0.1, 0.15) is 24.2 Å². The molecular formula is C34H36Cl2N8O4. The largest absolute Gasteiger partial charge is 0.480 e. The van der Waals surface area contributed by atoms with Crippen molar-refractivity contribution in [1.82, 2.24) is 40.8 Å². The van der Waals surface area contributed by atoms with E-state index in [1.54, 1.807) is 33.7 Å². The van der Waals surface area contributed by atoms with Crippen LogP contribution >= 0.6 is 23.2 Å². The molecule has 4 aromatic rings. The topological polar surface area (TPSA) is 143 Å². The number of halogens is 2. The van der Waals surface area contributed by atoms with Crippen molar-refractivity contribution in [2.75, 3.05) is 40.9 Å². The second-order valence-corrected chi connectivity index (χ2v) is 12.5. The van der Waals surface area contributed by atoms with Gasteiger partial charge in [0.2, 0.25) is 23.6 Å². The van der Waals surface area contributed by atoms with Crippen molar-refractivity contribution in [1.29, 1.82) is 0 Å². The summed E-state index contributed by atoms with van der Waals surface area (Å²) in [6.07, 6.45) is 4.71. The molecule has 4 heterocycles. The normalized spacial score (nSPS) is 16.4. The summed E-state index contributed by atoms with van der Waals surface area (Å²) in [4.78, 5) is 44.2. The number of methoxy groups -OCH3 is 2. The smallest absolute Gasteiger partial charge is 0.237 e. The molecular weight excluding hydrogens is 655 g/mol. The van der Waals surface area contributed by atoms with Crippen LogP contribution in [0, 0.1) is 5.92 Å². The van der Waals surface area contributed by atoms with Crippen molar-refractivity contribution in [2.45, 2.75) is 32.0 Å². The summed E-state index contributed by atoms with van der Waals surface area (Å²) in [5.41, 5.74) is 5.20. The molecule has 2 aliphatic heterocycles. The average Bonchev–Trinajstić information content (AvgIpc) is 3.51. The average molecular weight is 692 g/mol. The van der Waals surface area contributed by atoms with Crippen LogP contribution in [0.25, 0.3) is 33.6 Å². The lowest BCUT2D eigenvalue weighted by molar-refractivity contribution is -0.130. The molecule has 250 valence electrons. The highest BCUT2D eigenvalue weighted by molar-refractivity contribution is 6.39. The molecule has 2 aromatic carbocycles. The van der Waals surface area contributed by atoms with Crippen LogP contribution in [-0.4, -0.2) is 83.6 Å². The summed E-state index contributed by atoms with van der Waals surface area (Å²) >= 11 is 14.1. The number of nitrogens with zero attached hydrogens (tertiary/aromatic N) is 5. The number of nitrogens with one attached hydrogen (secondary N) is 3. The van der Waals surface area contributed by atoms with E-state index in [1.807, 2.05) is 36.4 Å². The molecule has 12 nitrogen and oxygen atoms in total. The molecule has 0 bridgehead atoms. The number of rotatable bonds is 12. The van der Waals surface area contributed by atoms with Crippen LogP contribution < -0.4 is 25.4 Å². The first-order valence-corrected chi connectivity index (χ1v) is 16.4. The van der Waals surface area contributed by atoms with E-state index in [4.69, 9.17) is 42.6 Å². The monoisotopic (exact) mass is 690 g/mol. The Morgan fingerprint density at radius 2 is 1.48 bits per heavy atom. The molecule has 2 fully saturated rings. The molecule has 14 heteroatoms. The lowest BCUT2D eigenvalue weighted by Gasteiger charge is -2.37. The number of benzene rings is 2. The maximum absolute atomic E-state index is 11.9. The molecule has 2 aromatic heterocycles. The zero-order valence-corrected chi connectivity index (χ0v) is 28.4. The third-order valence-electron chi connectivity index (χ3n) is 8.57. The Balaban J connectivity index is 1.21. The van der Waals surface area contributed by atoms with Crippen LogP contribution in [0.3, 0.4) is 0 Å². The van der Waals surface area contributed by atoms with E-state index in [0.29, 0.717) is 106 Å². The quantitative estimate of drug-likeness (QED) is 0.199. The highest BCUT2D eigenvalue weighted by atomic mass is 35.5. The second-order valence-electron chi connectivity index (χ2n) is 11.7. The maximum Gasteiger partial charge on any atom is 0.237 e. The number of hydrogen-bond donors (Lipinski definition) is 3. The molecule has 0 aliphatic carbocycles. The molecule has 6 rings (SSSR count). The first kappa shape index (κ1) is 33.5. The first-order chi connectivity index (χ1) is 23.3. The molecule has 0 saturated carbocycles. The molecule has 3 N–H and O–H groups in total. The van der Waals surface area contributed by atoms with E-state index in [9.17, 15) is 9.59 Å². The van der Waals surface area contributed by atoms with Crippen LogP contribution in [0.4, 0.5) is 0 Å². The Morgan fingerprint density at radius 1 is 0.917 bits per heavy atom. The van der Waals surface area contributed by atoms with Gasteiger partial charge in [0.15, 0.2) is 0 Å². The Kier molecular flexibility index (Phi) is 10.4. The summed E-state index contributed by atoms with van der Waals surface area (Å²) in [5, 5.41) is 9.88. The molecule has 48 heavy (non-hydrogen) atoms. The number of carbonyl (C=O) groups is 2. The summed E-state index contributed by atoms with van der Waals surface area (Å²) in [6, 6.07) is 11.4. The molecule has 1 unspecified atom stereocenters. The number of amides is 2. The predicted molar refractivity (Wildman–Crippen MR) is 183 cm³/mol. The summed E-state index contributed by atoms with van der Waals surface area (Å²) in [7, 11) is 4.76. The molecule has 0 radical (unpaired) electrons. The third-order valence-corrected chi connectivity index (χ3v) is 9.38. The number of carbonyl (C=O) groups excluding carboxylic acids is 2. The molecule has 1 atom stereocenters. The van der Waals surface area contributed by atoms with Gasteiger partial charge in [-0.3, -0.25) is 24.5 Å². The lowest BCUT2D eigenvalue weighted by atomic mass is 9.98. The third kappa shape index (κ3) is 7.07. The van der Waals surface area contributed by atoms with Crippen molar-refractivity contribution in [3.05, 3.63) is 70.2 Å². The van der Waals surface area contributed by atoms with Crippen molar-refractivity contribution < 1.29 is 19.1 Å². The van der Waals surface area contributed by atoms with Crippen molar-refractivity contribution in [3.63, 3.8) is 0 Å². The van der Waals surface area contributed by atoms with Crippen LogP contribution in [0.15, 0.2) is 48.8 Å². The van der Waals surface area contributed by atoms with Gasteiger partial charge in [0.1, 0.15) is 11.4 Å². The Morgan fingerprint density at radius 3 is 2.02 bits per heavy atom. The van der Waals surface area contributed by atoms with E-state index in [-0.39, 0.29) is 23.8 Å². The summed E-state index contributed by atoms with van der Waals surface area (Å²) in [5.74, 6) is 0.884. The number of aromatic nitrogens is 4. The number of hydrogen-bond acceptors (Lipinski definition) is 10.